The molecule has 0 saturated carbocycles. The van der Waals surface area contributed by atoms with Gasteiger partial charge in [-0.15, -0.1) is 0 Å². The summed E-state index contributed by atoms with van der Waals surface area (Å²) in [5.41, 5.74) is 1.93. The van der Waals surface area contributed by atoms with Gasteiger partial charge in [0, 0.05) is 31.4 Å². The van der Waals surface area contributed by atoms with Gasteiger partial charge in [0.05, 0.1) is 5.56 Å². The number of anilines is 1. The zero-order valence-corrected chi connectivity index (χ0v) is 15.3. The van der Waals surface area contributed by atoms with Gasteiger partial charge in [0.1, 0.15) is 11.6 Å². The maximum atomic E-state index is 13.1. The van der Waals surface area contributed by atoms with Gasteiger partial charge < -0.3 is 15.0 Å². The third-order valence-corrected chi connectivity index (χ3v) is 3.89. The van der Waals surface area contributed by atoms with Crippen LogP contribution in [0.3, 0.4) is 0 Å². The van der Waals surface area contributed by atoms with Crippen LogP contribution in [0.25, 0.3) is 0 Å². The molecule has 27 heavy (non-hydrogen) atoms. The Kier molecular flexibility index (Phi) is 7.28. The molecule has 0 atom stereocenters. The van der Waals surface area contributed by atoms with Crippen molar-refractivity contribution in [2.75, 3.05) is 31.1 Å². The van der Waals surface area contributed by atoms with Crippen LogP contribution in [0.4, 0.5) is 14.5 Å². The summed E-state index contributed by atoms with van der Waals surface area (Å²) in [6, 6.07) is 10.4. The van der Waals surface area contributed by atoms with Crippen molar-refractivity contribution in [3.05, 3.63) is 65.2 Å². The molecule has 0 spiro atoms. The van der Waals surface area contributed by atoms with Gasteiger partial charge in [-0.25, -0.2) is 13.6 Å². The number of amides is 1. The Morgan fingerprint density at radius 2 is 1.81 bits per heavy atom. The maximum absolute atomic E-state index is 13.1. The number of rotatable bonds is 8. The minimum atomic E-state index is -0.960. The van der Waals surface area contributed by atoms with Gasteiger partial charge in [-0.3, -0.25) is 4.79 Å². The molecule has 2 aromatic carbocycles. The lowest BCUT2D eigenvalue weighted by atomic mass is 10.2. The van der Waals surface area contributed by atoms with Gasteiger partial charge in [-0.05, 0) is 43.7 Å². The van der Waals surface area contributed by atoms with E-state index in [1.165, 1.54) is 0 Å². The first kappa shape index (κ1) is 20.4. The number of nitrogens with zero attached hydrogens (tertiary/aromatic N) is 1. The Morgan fingerprint density at radius 3 is 2.44 bits per heavy atom. The zero-order valence-electron chi connectivity index (χ0n) is 15.3. The molecule has 0 radical (unpaired) electrons. The second kappa shape index (κ2) is 9.66. The average Bonchev–Trinajstić information content (AvgIpc) is 2.62. The van der Waals surface area contributed by atoms with E-state index in [1.54, 1.807) is 0 Å². The molecule has 0 aliphatic rings. The molecule has 0 aliphatic heterocycles. The number of esters is 1. The molecule has 0 unspecified atom stereocenters. The molecule has 0 saturated heterocycles. The smallest absolute Gasteiger partial charge is 0.338 e. The molecule has 144 valence electrons. The predicted octanol–water partition coefficient (Wildman–Crippen LogP) is 3.07. The molecule has 2 aromatic rings. The molecule has 0 heterocycles. The second-order valence-corrected chi connectivity index (χ2v) is 6.00. The van der Waals surface area contributed by atoms with E-state index in [-0.39, 0.29) is 5.56 Å². The molecule has 5 nitrogen and oxygen atoms in total. The quantitative estimate of drug-likeness (QED) is 0.720. The Balaban J connectivity index is 1.78. The number of ether oxygens (including phenoxy) is 1. The monoisotopic (exact) mass is 376 g/mol. The fourth-order valence-electron chi connectivity index (χ4n) is 2.56. The van der Waals surface area contributed by atoms with Crippen LogP contribution in [0, 0.1) is 18.6 Å². The zero-order chi connectivity index (χ0) is 19.8. The van der Waals surface area contributed by atoms with Crippen LogP contribution in [0.1, 0.15) is 22.8 Å². The summed E-state index contributed by atoms with van der Waals surface area (Å²) < 4.78 is 31.0. The summed E-state index contributed by atoms with van der Waals surface area (Å²) in [5, 5.41) is 2.66. The van der Waals surface area contributed by atoms with Crippen molar-refractivity contribution in [1.29, 1.82) is 0 Å². The lowest BCUT2D eigenvalue weighted by molar-refractivity contribution is -0.124. The summed E-state index contributed by atoms with van der Waals surface area (Å²) in [6.07, 6.45) is 0. The predicted molar refractivity (Wildman–Crippen MR) is 98.7 cm³/mol. The Morgan fingerprint density at radius 1 is 1.11 bits per heavy atom. The van der Waals surface area contributed by atoms with Crippen LogP contribution < -0.4 is 10.2 Å². The van der Waals surface area contributed by atoms with E-state index in [0.29, 0.717) is 19.2 Å². The first-order valence-electron chi connectivity index (χ1n) is 8.60. The number of halogens is 2. The van der Waals surface area contributed by atoms with Crippen LogP contribution in [0.2, 0.25) is 0 Å². The number of benzene rings is 2. The van der Waals surface area contributed by atoms with Crippen molar-refractivity contribution in [1.82, 2.24) is 5.32 Å². The van der Waals surface area contributed by atoms with E-state index in [9.17, 15) is 18.4 Å². The topological polar surface area (TPSA) is 58.6 Å². The highest BCUT2D eigenvalue weighted by atomic mass is 19.1. The third-order valence-electron chi connectivity index (χ3n) is 3.89. The first-order valence-corrected chi connectivity index (χ1v) is 8.60. The van der Waals surface area contributed by atoms with Crippen molar-refractivity contribution in [2.24, 2.45) is 0 Å². The van der Waals surface area contributed by atoms with Gasteiger partial charge >= 0.3 is 5.97 Å². The molecule has 0 aromatic heterocycles. The Bertz CT molecular complexity index is 791. The van der Waals surface area contributed by atoms with Crippen molar-refractivity contribution in [3.8, 4) is 0 Å². The summed E-state index contributed by atoms with van der Waals surface area (Å²) in [7, 11) is 0. The highest BCUT2D eigenvalue weighted by molar-refractivity contribution is 5.91. The minimum absolute atomic E-state index is 0.281. The number of carbonyl (C=O) groups excluding carboxylic acids is 2. The number of likely N-dealkylation sites (N-methyl/N-ethyl adjacent to an activating group) is 1. The van der Waals surface area contributed by atoms with Crippen LogP contribution in [0.5, 0.6) is 0 Å². The first-order chi connectivity index (χ1) is 12.9. The summed E-state index contributed by atoms with van der Waals surface area (Å²) in [5.74, 6) is -3.22. The fourth-order valence-corrected chi connectivity index (χ4v) is 2.56. The summed E-state index contributed by atoms with van der Waals surface area (Å²) >= 11 is 0. The van der Waals surface area contributed by atoms with Crippen LogP contribution in [-0.4, -0.2) is 38.1 Å². The maximum Gasteiger partial charge on any atom is 0.338 e. The Hall–Kier alpha value is -2.96. The SMILES string of the molecule is CCN(CCNC(=O)COC(=O)c1cc(F)cc(F)c1)c1cccc(C)c1. The highest BCUT2D eigenvalue weighted by Gasteiger charge is 2.13. The summed E-state index contributed by atoms with van der Waals surface area (Å²) in [4.78, 5) is 25.7. The lowest BCUT2D eigenvalue weighted by Crippen LogP contribution is -2.36. The number of hydrogen-bond donors (Lipinski definition) is 1. The molecule has 0 fully saturated rings. The van der Waals surface area contributed by atoms with E-state index >= 15 is 0 Å². The van der Waals surface area contributed by atoms with Crippen LogP contribution in [-0.2, 0) is 9.53 Å². The number of aryl methyl sites for hydroxylation is 1. The normalized spacial score (nSPS) is 10.4. The van der Waals surface area contributed by atoms with Crippen LogP contribution in [0.15, 0.2) is 42.5 Å². The molecule has 7 heteroatoms. The number of hydrogen-bond acceptors (Lipinski definition) is 4. The van der Waals surface area contributed by atoms with Gasteiger partial charge in [-0.2, -0.15) is 0 Å². The molecule has 0 bridgehead atoms. The number of nitrogens with one attached hydrogen (secondary N) is 1. The van der Waals surface area contributed by atoms with Gasteiger partial charge in [0.15, 0.2) is 6.61 Å². The third kappa shape index (κ3) is 6.36. The lowest BCUT2D eigenvalue weighted by Gasteiger charge is -2.23. The van der Waals surface area contributed by atoms with Gasteiger partial charge in [-0.1, -0.05) is 12.1 Å². The van der Waals surface area contributed by atoms with Crippen molar-refractivity contribution >= 4 is 17.6 Å². The molecule has 1 N–H and O–H groups in total. The standard InChI is InChI=1S/C20H22F2N2O3/c1-3-24(18-6-4-5-14(2)9-18)8-7-23-19(25)13-27-20(26)15-10-16(21)12-17(22)11-15/h4-6,9-12H,3,7-8,13H2,1-2H3,(H,23,25). The number of carbonyl (C=O) groups is 2. The fraction of sp³-hybridized carbons (Fsp3) is 0.300. The van der Waals surface area contributed by atoms with Crippen LogP contribution >= 0.6 is 0 Å². The van der Waals surface area contributed by atoms with E-state index in [2.05, 4.69) is 16.3 Å². The highest BCUT2D eigenvalue weighted by Crippen LogP contribution is 2.15. The van der Waals surface area contributed by atoms with Crippen molar-refractivity contribution in [2.45, 2.75) is 13.8 Å². The van der Waals surface area contributed by atoms with Crippen molar-refractivity contribution < 1.29 is 23.1 Å². The molecule has 2 rings (SSSR count). The average molecular weight is 376 g/mol. The van der Waals surface area contributed by atoms with Gasteiger partial charge in [0.25, 0.3) is 5.91 Å². The Labute approximate surface area is 156 Å². The van der Waals surface area contributed by atoms with E-state index in [4.69, 9.17) is 4.74 Å². The second-order valence-electron chi connectivity index (χ2n) is 6.00. The van der Waals surface area contributed by atoms with E-state index in [1.807, 2.05) is 32.0 Å². The van der Waals surface area contributed by atoms with Crippen molar-refractivity contribution in [3.63, 3.8) is 0 Å². The molecule has 1 amide bonds. The summed E-state index contributed by atoms with van der Waals surface area (Å²) in [6.45, 7) is 5.25. The van der Waals surface area contributed by atoms with E-state index in [0.717, 1.165) is 29.9 Å². The largest absolute Gasteiger partial charge is 0.452 e. The molecular formula is C20H22F2N2O3. The van der Waals surface area contributed by atoms with E-state index < -0.39 is 30.1 Å². The molecular weight excluding hydrogens is 354 g/mol. The minimum Gasteiger partial charge on any atom is -0.452 e. The van der Waals surface area contributed by atoms with Gasteiger partial charge in [0.2, 0.25) is 0 Å². The molecule has 0 aliphatic carbocycles.